The summed E-state index contributed by atoms with van der Waals surface area (Å²) < 4.78 is 99.8. The topological polar surface area (TPSA) is 35.9 Å². The average Bonchev–Trinajstić information content (AvgIpc) is 4.09. The van der Waals surface area contributed by atoms with Crippen molar-refractivity contribution in [3.05, 3.63) is 224 Å². The Morgan fingerprint density at radius 2 is 1.33 bits per heavy atom. The van der Waals surface area contributed by atoms with E-state index in [9.17, 15) is 0 Å². The minimum absolute atomic E-state index is 0. The summed E-state index contributed by atoms with van der Waals surface area (Å²) in [6, 6.07) is 42.5. The maximum Gasteiger partial charge on any atom is 0.268 e. The van der Waals surface area contributed by atoms with Crippen LogP contribution < -0.4 is 9.30 Å². The van der Waals surface area contributed by atoms with Crippen molar-refractivity contribution in [2.75, 3.05) is 0 Å². The molecule has 11 rings (SSSR count). The average molecular weight is 1060 g/mol. The van der Waals surface area contributed by atoms with Gasteiger partial charge in [0, 0.05) is 44.3 Å². The second-order valence-corrected chi connectivity index (χ2v) is 17.5. The maximum atomic E-state index is 9.08. The maximum absolute atomic E-state index is 9.08. The molecule has 1 atom stereocenters. The molecule has 0 amide bonds. The van der Waals surface area contributed by atoms with Crippen molar-refractivity contribution in [1.29, 1.82) is 0 Å². The second-order valence-electron chi connectivity index (χ2n) is 17.5. The van der Waals surface area contributed by atoms with Crippen LogP contribution in [0.15, 0.2) is 194 Å². The number of rotatable bonds is 9. The van der Waals surface area contributed by atoms with Crippen molar-refractivity contribution < 1.29 is 44.1 Å². The van der Waals surface area contributed by atoms with Gasteiger partial charge in [-0.3, -0.25) is 4.57 Å². The molecule has 0 aliphatic carbocycles. The van der Waals surface area contributed by atoms with Gasteiger partial charge < -0.3 is 13.9 Å². The summed E-state index contributed by atoms with van der Waals surface area (Å²) in [5.41, 5.74) is 7.74. The summed E-state index contributed by atoms with van der Waals surface area (Å²) in [5.74, 6) is 1.78. The van der Waals surface area contributed by atoms with Crippen LogP contribution in [0.3, 0.4) is 0 Å². The van der Waals surface area contributed by atoms with E-state index in [4.69, 9.17) is 23.4 Å². The van der Waals surface area contributed by atoms with Gasteiger partial charge in [0.15, 0.2) is 0 Å². The van der Waals surface area contributed by atoms with Crippen molar-refractivity contribution in [1.82, 2.24) is 14.1 Å². The Kier molecular flexibility index (Phi) is 8.82. The Hall–Kier alpha value is -7.33. The zero-order valence-electron chi connectivity index (χ0n) is 47.3. The number of ether oxygens (including phenoxy) is 1. The smallest absolute Gasteiger partial charge is 0.268 e. The molecule has 0 aliphatic rings. The van der Waals surface area contributed by atoms with Gasteiger partial charge in [0.2, 0.25) is 0 Å². The first kappa shape index (κ1) is 33.2. The van der Waals surface area contributed by atoms with Crippen LogP contribution in [-0.2, 0) is 21.1 Å². The summed E-state index contributed by atoms with van der Waals surface area (Å²) >= 11 is 0. The van der Waals surface area contributed by atoms with Crippen molar-refractivity contribution in [3.8, 4) is 62.1 Å². The molecule has 0 aliphatic heterocycles. The van der Waals surface area contributed by atoms with Crippen LogP contribution in [0.1, 0.15) is 58.4 Å². The van der Waals surface area contributed by atoms with Crippen molar-refractivity contribution in [2.45, 2.75) is 40.5 Å². The molecule has 0 fully saturated rings. The molecule has 0 saturated heterocycles. The number of hydrogen-bond donors (Lipinski definition) is 0. The summed E-state index contributed by atoms with van der Waals surface area (Å²) in [4.78, 5) is 4.93. The van der Waals surface area contributed by atoms with E-state index < -0.39 is 60.4 Å². The number of pyridine rings is 1. The molecule has 5 nitrogen and oxygen atoms in total. The molecule has 67 heavy (non-hydrogen) atoms. The van der Waals surface area contributed by atoms with Gasteiger partial charge in [-0.1, -0.05) is 172 Å². The molecule has 330 valence electrons. The van der Waals surface area contributed by atoms with Crippen LogP contribution >= 0.6 is 0 Å². The van der Waals surface area contributed by atoms with Crippen molar-refractivity contribution >= 4 is 32.8 Å². The van der Waals surface area contributed by atoms with Crippen molar-refractivity contribution in [3.63, 3.8) is 0 Å². The standard InChI is InChI=1S/C61H48N4O.Pt/c1-41-18-15-29-56-59(41)64(60-51(44-21-11-7-12-22-44)27-17-28-52(60)45-23-13-8-14-24-45)40-63(56)48-25-16-26-49(38-48)66-50-31-32-53-54-36-47(43-19-9-6-10-20-43)30-33-55(54)65(57(53)39-50)58-37-46(34-35-62-58)42(2)61(3,4)5;/h6-37,42H,1-5H3;/q-2;/i7D,8D,11D,12D,13D,14D,21D,22D,23D,24D;. The number of nitrogens with zero attached hydrogens (tertiary/aromatic N) is 4. The van der Waals surface area contributed by atoms with E-state index in [1.54, 1.807) is 33.4 Å². The predicted molar refractivity (Wildman–Crippen MR) is 269 cm³/mol. The number of aromatic nitrogens is 4. The van der Waals surface area contributed by atoms with E-state index in [-0.39, 0.29) is 60.3 Å². The van der Waals surface area contributed by atoms with Gasteiger partial charge in [-0.2, -0.15) is 18.2 Å². The number of benzene rings is 8. The third-order valence-electron chi connectivity index (χ3n) is 12.4. The Bertz CT molecular complexity index is 4040. The SMILES string of the molecule is [2H]c1c([2H])c([2H])c(-c2cccc(-c3c([2H])c([2H])c([2H])c([2H])c3[2H])c2-[n+]2[c-]n(-c3[c-]c(Oc4[c-]c5c(cc4)c4cc(-c6ccccc6)ccc4n5-c4cc(C(C)C(C)(C)C)ccn4)ccc3)c3cccc(C)c32)c([2H])c1[2H].[Pt]. The van der Waals surface area contributed by atoms with E-state index in [2.05, 4.69) is 93.2 Å². The molecule has 1 unspecified atom stereocenters. The Labute approximate surface area is 420 Å². The Morgan fingerprint density at radius 1 is 0.642 bits per heavy atom. The number of imidazole rings is 1. The number of fused-ring (bicyclic) bond motifs is 4. The quantitative estimate of drug-likeness (QED) is 0.107. The van der Waals surface area contributed by atoms with Crippen LogP contribution in [-0.4, -0.2) is 14.1 Å². The largest absolute Gasteiger partial charge is 0.510 e. The van der Waals surface area contributed by atoms with E-state index in [0.29, 0.717) is 28.2 Å². The van der Waals surface area contributed by atoms with Gasteiger partial charge in [0.1, 0.15) is 5.82 Å². The number of para-hydroxylation sites is 2. The van der Waals surface area contributed by atoms with E-state index in [1.165, 1.54) is 5.56 Å². The van der Waals surface area contributed by atoms with Gasteiger partial charge in [-0.25, -0.2) is 4.98 Å². The monoisotopic (exact) mass is 1060 g/mol. The van der Waals surface area contributed by atoms with Gasteiger partial charge in [-0.15, -0.1) is 29.7 Å². The number of aryl methyl sites for hydroxylation is 1. The fourth-order valence-electron chi connectivity index (χ4n) is 8.72. The molecule has 8 aromatic carbocycles. The summed E-state index contributed by atoms with van der Waals surface area (Å²) in [7, 11) is 0. The minimum atomic E-state index is -0.572. The van der Waals surface area contributed by atoms with E-state index in [1.807, 2.05) is 73.8 Å². The van der Waals surface area contributed by atoms with E-state index in [0.717, 1.165) is 44.3 Å². The van der Waals surface area contributed by atoms with Gasteiger partial charge >= 0.3 is 0 Å². The van der Waals surface area contributed by atoms with Gasteiger partial charge in [-0.05, 0) is 92.0 Å². The molecule has 0 N–H and O–H groups in total. The van der Waals surface area contributed by atoms with Gasteiger partial charge in [0.05, 0.1) is 30.4 Å². The Balaban J connectivity index is 0.00000672. The Morgan fingerprint density at radius 3 is 2.04 bits per heavy atom. The molecular formula is C61H48N4OPt-2. The van der Waals surface area contributed by atoms with E-state index >= 15 is 0 Å². The molecule has 3 aromatic heterocycles. The van der Waals surface area contributed by atoms with Crippen LogP contribution in [0, 0.1) is 30.8 Å². The summed E-state index contributed by atoms with van der Waals surface area (Å²) in [6.45, 7) is 10.8. The van der Waals surface area contributed by atoms with Crippen LogP contribution in [0.5, 0.6) is 11.5 Å². The summed E-state index contributed by atoms with van der Waals surface area (Å²) in [6.07, 6.45) is 5.32. The fraction of sp³-hybridized carbons (Fsp3) is 0.115. The predicted octanol–water partition coefficient (Wildman–Crippen LogP) is 15.0. The van der Waals surface area contributed by atoms with Gasteiger partial charge in [0.25, 0.3) is 6.33 Å². The molecule has 0 spiro atoms. The third-order valence-corrected chi connectivity index (χ3v) is 12.4. The first-order valence-corrected chi connectivity index (χ1v) is 21.8. The molecular weight excluding hydrogens is 1000 g/mol. The van der Waals surface area contributed by atoms with Crippen molar-refractivity contribution in [2.24, 2.45) is 5.41 Å². The zero-order chi connectivity index (χ0) is 53.6. The zero-order valence-corrected chi connectivity index (χ0v) is 39.6. The number of hydrogen-bond acceptors (Lipinski definition) is 2. The van der Waals surface area contributed by atoms with Crippen LogP contribution in [0.2, 0.25) is 0 Å². The molecule has 3 heterocycles. The fourth-order valence-corrected chi connectivity index (χ4v) is 8.72. The molecule has 11 aromatic rings. The molecule has 6 heteroatoms. The van der Waals surface area contributed by atoms with Crippen LogP contribution in [0.4, 0.5) is 0 Å². The third kappa shape index (κ3) is 8.08. The first-order chi connectivity index (χ1) is 36.3. The first-order valence-electron chi connectivity index (χ1n) is 26.8. The minimum Gasteiger partial charge on any atom is -0.510 e. The molecule has 0 saturated carbocycles. The molecule has 0 bridgehead atoms. The summed E-state index contributed by atoms with van der Waals surface area (Å²) in [5, 5.41) is 2.00. The normalized spacial score (nSPS) is 14.2. The van der Waals surface area contributed by atoms with Crippen LogP contribution in [0.25, 0.3) is 83.4 Å². The molecule has 0 radical (unpaired) electrons. The second kappa shape index (κ2) is 17.8.